The number of hydrogen-bond acceptors (Lipinski definition) is 6. The minimum Gasteiger partial charge on any atom is -0.323 e. The highest BCUT2D eigenvalue weighted by Gasteiger charge is 2.49. The van der Waals surface area contributed by atoms with Gasteiger partial charge in [0.2, 0.25) is 0 Å². The van der Waals surface area contributed by atoms with Crippen LogP contribution in [-0.2, 0) is 6.54 Å². The quantitative estimate of drug-likeness (QED) is 0.399. The van der Waals surface area contributed by atoms with Crippen LogP contribution in [0.15, 0.2) is 34.5 Å². The van der Waals surface area contributed by atoms with E-state index in [0.717, 1.165) is 0 Å². The van der Waals surface area contributed by atoms with E-state index in [4.69, 9.17) is 17.4 Å². The van der Waals surface area contributed by atoms with Crippen LogP contribution < -0.4 is 5.84 Å². The van der Waals surface area contributed by atoms with Gasteiger partial charge in [-0.2, -0.15) is 5.10 Å². The number of nitrogens with two attached hydrogens (primary N) is 1. The summed E-state index contributed by atoms with van der Waals surface area (Å²) in [6, 6.07) is 4.16. The zero-order valence-corrected chi connectivity index (χ0v) is 16.7. The van der Waals surface area contributed by atoms with Gasteiger partial charge in [0.1, 0.15) is 17.4 Å². The summed E-state index contributed by atoms with van der Waals surface area (Å²) in [4.78, 5) is 14.9. The second kappa shape index (κ2) is 7.31. The van der Waals surface area contributed by atoms with Gasteiger partial charge in [0.15, 0.2) is 0 Å². The van der Waals surface area contributed by atoms with Gasteiger partial charge in [-0.1, -0.05) is 11.6 Å². The number of benzene rings is 1. The van der Waals surface area contributed by atoms with Gasteiger partial charge in [-0.05, 0) is 32.2 Å². The number of nitrogens with zero attached hydrogens (tertiary/aromatic N) is 6. The predicted molar refractivity (Wildman–Crippen MR) is 111 cm³/mol. The molecular formula is C19H20ClF2N7. The van der Waals surface area contributed by atoms with Gasteiger partial charge < -0.3 is 10.4 Å². The SMILES string of the molecule is CC(C=NCc1nc2cnc3ccc(Cl)cc3c2n1C1CN(C)CC1(F)F)=NN. The number of alkyl halides is 2. The molecule has 0 saturated carbocycles. The second-order valence-corrected chi connectivity index (χ2v) is 7.70. The number of pyridine rings is 1. The first kappa shape index (κ1) is 19.7. The van der Waals surface area contributed by atoms with E-state index in [1.165, 1.54) is 6.21 Å². The highest BCUT2D eigenvalue weighted by atomic mass is 35.5. The fourth-order valence-corrected chi connectivity index (χ4v) is 3.94. The molecule has 2 aromatic heterocycles. The average molecular weight is 420 g/mol. The molecule has 3 heterocycles. The normalized spacial score (nSPS) is 20.4. The van der Waals surface area contributed by atoms with E-state index in [2.05, 4.69) is 20.1 Å². The third-order valence-electron chi connectivity index (χ3n) is 5.03. The highest BCUT2D eigenvalue weighted by molar-refractivity contribution is 6.31. The lowest BCUT2D eigenvalue weighted by molar-refractivity contribution is -0.0201. The maximum atomic E-state index is 14.9. The molecule has 2 N–H and O–H groups in total. The lowest BCUT2D eigenvalue weighted by Gasteiger charge is -2.22. The topological polar surface area (TPSA) is 84.7 Å². The van der Waals surface area contributed by atoms with Crippen molar-refractivity contribution in [2.45, 2.75) is 25.4 Å². The maximum Gasteiger partial charge on any atom is 0.282 e. The van der Waals surface area contributed by atoms with Crippen molar-refractivity contribution in [3.05, 3.63) is 35.2 Å². The van der Waals surface area contributed by atoms with Gasteiger partial charge in [-0.25, -0.2) is 13.8 Å². The van der Waals surface area contributed by atoms with Gasteiger partial charge in [0.05, 0.1) is 36.0 Å². The van der Waals surface area contributed by atoms with Gasteiger partial charge in [0.25, 0.3) is 5.92 Å². The van der Waals surface area contributed by atoms with E-state index in [9.17, 15) is 8.78 Å². The number of halogens is 3. The minimum atomic E-state index is -2.91. The fraction of sp³-hybridized carbons (Fsp3) is 0.368. The number of fused-ring (bicyclic) bond motifs is 3. The fourth-order valence-electron chi connectivity index (χ4n) is 3.77. The Bertz CT molecular complexity index is 1140. The van der Waals surface area contributed by atoms with Gasteiger partial charge in [-0.3, -0.25) is 14.9 Å². The summed E-state index contributed by atoms with van der Waals surface area (Å²) >= 11 is 6.19. The van der Waals surface area contributed by atoms with Crippen LogP contribution >= 0.6 is 11.6 Å². The van der Waals surface area contributed by atoms with Gasteiger partial charge >= 0.3 is 0 Å². The first-order chi connectivity index (χ1) is 13.8. The van der Waals surface area contributed by atoms with E-state index in [1.54, 1.807) is 47.8 Å². The Morgan fingerprint density at radius 2 is 2.21 bits per heavy atom. The molecule has 3 aromatic rings. The third-order valence-corrected chi connectivity index (χ3v) is 5.26. The van der Waals surface area contributed by atoms with E-state index in [1.807, 2.05) is 0 Å². The Kier molecular flexibility index (Phi) is 4.95. The van der Waals surface area contributed by atoms with Gasteiger partial charge in [0, 0.05) is 23.2 Å². The van der Waals surface area contributed by atoms with Crippen LogP contribution in [0.1, 0.15) is 18.8 Å². The summed E-state index contributed by atoms with van der Waals surface area (Å²) in [5.41, 5.74) is 2.31. The molecule has 0 bridgehead atoms. The van der Waals surface area contributed by atoms with E-state index >= 15 is 0 Å². The number of aromatic nitrogens is 3. The van der Waals surface area contributed by atoms with Crippen molar-refractivity contribution in [3.63, 3.8) is 0 Å². The van der Waals surface area contributed by atoms with Crippen LogP contribution in [0.25, 0.3) is 21.9 Å². The summed E-state index contributed by atoms with van der Waals surface area (Å²) in [5, 5.41) is 4.72. The van der Waals surface area contributed by atoms with Crippen molar-refractivity contribution in [1.82, 2.24) is 19.4 Å². The molecule has 0 spiro atoms. The second-order valence-electron chi connectivity index (χ2n) is 7.27. The van der Waals surface area contributed by atoms with Crippen molar-refractivity contribution >= 4 is 45.5 Å². The van der Waals surface area contributed by atoms with Crippen LogP contribution in [0.5, 0.6) is 0 Å². The number of hydrazone groups is 1. The molecule has 0 radical (unpaired) electrons. The molecule has 29 heavy (non-hydrogen) atoms. The minimum absolute atomic E-state index is 0.111. The first-order valence-electron chi connectivity index (χ1n) is 9.06. The molecule has 7 nitrogen and oxygen atoms in total. The lowest BCUT2D eigenvalue weighted by atomic mass is 10.1. The number of imidazole rings is 1. The molecular weight excluding hydrogens is 400 g/mol. The van der Waals surface area contributed by atoms with E-state index < -0.39 is 12.0 Å². The molecule has 1 saturated heterocycles. The Hall–Kier alpha value is -2.65. The van der Waals surface area contributed by atoms with Crippen molar-refractivity contribution < 1.29 is 8.78 Å². The molecule has 1 unspecified atom stereocenters. The Morgan fingerprint density at radius 3 is 2.90 bits per heavy atom. The molecule has 0 aliphatic carbocycles. The number of aliphatic imine (C=N–C) groups is 1. The summed E-state index contributed by atoms with van der Waals surface area (Å²) < 4.78 is 31.4. The van der Waals surface area contributed by atoms with Crippen LogP contribution in [-0.4, -0.2) is 57.4 Å². The molecule has 1 aliphatic heterocycles. The standard InChI is InChI=1S/C19H20ClF2N7/c1-11(27-23)6-24-8-17-26-15-7-25-14-4-3-12(20)5-13(14)18(15)29(17)16-9-28(2)10-19(16,21)22/h3-7,16H,8-10,23H2,1-2H3. The highest BCUT2D eigenvalue weighted by Crippen LogP contribution is 2.40. The Labute approximate surface area is 170 Å². The van der Waals surface area contributed by atoms with Gasteiger partial charge in [-0.15, -0.1) is 0 Å². The smallest absolute Gasteiger partial charge is 0.282 e. The lowest BCUT2D eigenvalue weighted by Crippen LogP contribution is -2.30. The number of likely N-dealkylation sites (N-methyl/N-ethyl adjacent to an activating group) is 1. The van der Waals surface area contributed by atoms with Crippen molar-refractivity contribution in [1.29, 1.82) is 0 Å². The summed E-state index contributed by atoms with van der Waals surface area (Å²) in [7, 11) is 1.68. The van der Waals surface area contributed by atoms with Crippen molar-refractivity contribution in [2.24, 2.45) is 15.9 Å². The van der Waals surface area contributed by atoms with Crippen LogP contribution in [0.3, 0.4) is 0 Å². The van der Waals surface area contributed by atoms with Crippen LogP contribution in [0, 0.1) is 0 Å². The molecule has 1 atom stereocenters. The monoisotopic (exact) mass is 419 g/mol. The summed E-state index contributed by atoms with van der Waals surface area (Å²) in [6.45, 7) is 1.69. The molecule has 1 aliphatic rings. The number of hydrogen-bond donors (Lipinski definition) is 1. The molecule has 1 aromatic carbocycles. The van der Waals surface area contributed by atoms with Crippen LogP contribution in [0.4, 0.5) is 8.78 Å². The zero-order valence-electron chi connectivity index (χ0n) is 16.0. The van der Waals surface area contributed by atoms with Crippen LogP contribution in [0.2, 0.25) is 5.02 Å². The molecule has 10 heteroatoms. The predicted octanol–water partition coefficient (Wildman–Crippen LogP) is 3.27. The summed E-state index contributed by atoms with van der Waals surface area (Å²) in [5.74, 6) is 2.73. The summed E-state index contributed by atoms with van der Waals surface area (Å²) in [6.07, 6.45) is 3.09. The molecule has 0 amide bonds. The molecule has 1 fully saturated rings. The number of rotatable bonds is 4. The van der Waals surface area contributed by atoms with E-state index in [0.29, 0.717) is 38.5 Å². The molecule has 4 rings (SSSR count). The van der Waals surface area contributed by atoms with Crippen molar-refractivity contribution in [2.75, 3.05) is 20.1 Å². The Balaban J connectivity index is 1.96. The Morgan fingerprint density at radius 1 is 1.41 bits per heavy atom. The first-order valence-corrected chi connectivity index (χ1v) is 9.43. The zero-order chi connectivity index (χ0) is 20.8. The maximum absolute atomic E-state index is 14.9. The van der Waals surface area contributed by atoms with Crippen molar-refractivity contribution in [3.8, 4) is 0 Å². The number of likely N-dealkylation sites (tertiary alicyclic amines) is 1. The average Bonchev–Trinajstić information content (AvgIpc) is 3.16. The molecule has 152 valence electrons. The third kappa shape index (κ3) is 3.56. The van der Waals surface area contributed by atoms with E-state index in [-0.39, 0.29) is 19.6 Å². The largest absolute Gasteiger partial charge is 0.323 e.